The molecule has 5 rings (SSSR count). The summed E-state index contributed by atoms with van der Waals surface area (Å²) in [5, 5.41) is 2.85. The highest BCUT2D eigenvalue weighted by Gasteiger charge is 2.22. The topological polar surface area (TPSA) is 42.0 Å². The van der Waals surface area contributed by atoms with E-state index in [1.165, 1.54) is 34.1 Å². The number of nitrogens with zero attached hydrogens (tertiary/aromatic N) is 1. The number of pyridine rings is 1. The molecular formula is C30H33FN2OS. The standard InChI is InChI=1S/C28H25FN2OS.C2H6.H2/c1-2-6-19-8-4-11-24(29)26(19)31-28(32)25-16-21-9-3-7-18-12-13-20(15-23(18)27(21)33-25)22-10-5-14-30-17-22;1-2;/h4-5,8,10-17H,2-3,6-7,9H2,1H3,(H,31,32);1-2H3;1H. The monoisotopic (exact) mass is 488 g/mol. The number of anilines is 1. The van der Waals surface area contributed by atoms with Gasteiger partial charge in [0.25, 0.3) is 5.91 Å². The molecule has 182 valence electrons. The number of carbonyl (C=O) groups is 1. The minimum atomic E-state index is -0.390. The Morgan fingerprint density at radius 3 is 2.66 bits per heavy atom. The fourth-order valence-corrected chi connectivity index (χ4v) is 5.66. The van der Waals surface area contributed by atoms with Crippen LogP contribution in [-0.2, 0) is 19.3 Å². The van der Waals surface area contributed by atoms with Gasteiger partial charge in [0.2, 0.25) is 0 Å². The maximum absolute atomic E-state index is 14.5. The van der Waals surface area contributed by atoms with Crippen LogP contribution in [0.25, 0.3) is 21.6 Å². The molecule has 3 nitrogen and oxygen atoms in total. The van der Waals surface area contributed by atoms with Gasteiger partial charge in [0.15, 0.2) is 0 Å². The van der Waals surface area contributed by atoms with Gasteiger partial charge in [0.05, 0.1) is 10.6 Å². The van der Waals surface area contributed by atoms with Crippen LogP contribution in [0.1, 0.15) is 61.4 Å². The normalized spacial score (nSPS) is 12.0. The Morgan fingerprint density at radius 1 is 1.06 bits per heavy atom. The van der Waals surface area contributed by atoms with Gasteiger partial charge >= 0.3 is 0 Å². The van der Waals surface area contributed by atoms with Crippen molar-refractivity contribution in [3.05, 3.63) is 94.4 Å². The zero-order valence-corrected chi connectivity index (χ0v) is 21.3. The van der Waals surface area contributed by atoms with Gasteiger partial charge in [-0.1, -0.05) is 57.5 Å². The van der Waals surface area contributed by atoms with Gasteiger partial charge < -0.3 is 5.32 Å². The fourth-order valence-electron chi connectivity index (χ4n) is 4.50. The molecule has 0 fully saturated rings. The highest BCUT2D eigenvalue weighted by Crippen LogP contribution is 2.40. The van der Waals surface area contributed by atoms with Gasteiger partial charge in [-0.3, -0.25) is 9.78 Å². The van der Waals surface area contributed by atoms with Crippen LogP contribution in [0.2, 0.25) is 0 Å². The number of amides is 1. The number of hydrogen-bond acceptors (Lipinski definition) is 3. The van der Waals surface area contributed by atoms with Crippen LogP contribution >= 0.6 is 11.3 Å². The van der Waals surface area contributed by atoms with E-state index in [0.717, 1.165) is 53.7 Å². The number of carbonyl (C=O) groups excluding carboxylic acids is 1. The van der Waals surface area contributed by atoms with Gasteiger partial charge in [-0.25, -0.2) is 4.39 Å². The van der Waals surface area contributed by atoms with E-state index in [9.17, 15) is 9.18 Å². The Bertz CT molecular complexity index is 1320. The van der Waals surface area contributed by atoms with Crippen LogP contribution in [0.5, 0.6) is 0 Å². The summed E-state index contributed by atoms with van der Waals surface area (Å²) in [6, 6.07) is 17.5. The van der Waals surface area contributed by atoms with Crippen molar-refractivity contribution >= 4 is 22.9 Å². The molecule has 4 aromatic rings. The van der Waals surface area contributed by atoms with E-state index in [1.54, 1.807) is 12.3 Å². The van der Waals surface area contributed by atoms with Gasteiger partial charge in [0.1, 0.15) is 5.82 Å². The van der Waals surface area contributed by atoms with Crippen LogP contribution < -0.4 is 5.32 Å². The highest BCUT2D eigenvalue weighted by molar-refractivity contribution is 7.17. The Hall–Kier alpha value is -3.31. The third-order valence-electron chi connectivity index (χ3n) is 6.13. The molecule has 2 heterocycles. The third kappa shape index (κ3) is 5.35. The molecule has 1 aliphatic carbocycles. The lowest BCUT2D eigenvalue weighted by atomic mass is 9.98. The van der Waals surface area contributed by atoms with Gasteiger partial charge in [-0.05, 0) is 77.8 Å². The maximum atomic E-state index is 14.5. The molecule has 0 aliphatic heterocycles. The molecule has 1 N–H and O–H groups in total. The van der Waals surface area contributed by atoms with Crippen molar-refractivity contribution < 1.29 is 10.6 Å². The summed E-state index contributed by atoms with van der Waals surface area (Å²) >= 11 is 1.50. The maximum Gasteiger partial charge on any atom is 0.265 e. The average molecular weight is 489 g/mol. The zero-order chi connectivity index (χ0) is 24.8. The van der Waals surface area contributed by atoms with Crippen molar-refractivity contribution in [2.45, 2.75) is 52.9 Å². The first-order valence-electron chi connectivity index (χ1n) is 12.4. The highest BCUT2D eigenvalue weighted by atomic mass is 32.1. The molecule has 35 heavy (non-hydrogen) atoms. The first kappa shape index (κ1) is 24.8. The van der Waals surface area contributed by atoms with Crippen LogP contribution in [0, 0.1) is 5.82 Å². The Kier molecular flexibility index (Phi) is 8.09. The molecule has 1 aliphatic rings. The molecule has 2 aromatic heterocycles. The number of para-hydroxylation sites is 1. The zero-order valence-electron chi connectivity index (χ0n) is 20.5. The smallest absolute Gasteiger partial charge is 0.265 e. The minimum absolute atomic E-state index is 0. The van der Waals surface area contributed by atoms with E-state index in [-0.39, 0.29) is 13.2 Å². The van der Waals surface area contributed by atoms with E-state index in [2.05, 4.69) is 34.6 Å². The molecule has 1 amide bonds. The number of aryl methyl sites for hydroxylation is 3. The Morgan fingerprint density at radius 2 is 1.89 bits per heavy atom. The van der Waals surface area contributed by atoms with E-state index in [4.69, 9.17) is 0 Å². The van der Waals surface area contributed by atoms with Gasteiger partial charge in [-0.15, -0.1) is 11.3 Å². The predicted octanol–water partition coefficient (Wildman–Crippen LogP) is 8.58. The first-order valence-corrected chi connectivity index (χ1v) is 13.2. The van der Waals surface area contributed by atoms with E-state index in [1.807, 2.05) is 45.2 Å². The quantitative estimate of drug-likeness (QED) is 0.306. The number of halogens is 1. The Balaban J connectivity index is 0.00000117. The summed E-state index contributed by atoms with van der Waals surface area (Å²) in [6.07, 6.45) is 8.23. The number of hydrogen-bond donors (Lipinski definition) is 1. The second-order valence-electron chi connectivity index (χ2n) is 8.41. The molecule has 0 saturated carbocycles. The van der Waals surface area contributed by atoms with Crippen molar-refractivity contribution in [2.75, 3.05) is 5.32 Å². The molecule has 0 bridgehead atoms. The predicted molar refractivity (Wildman–Crippen MR) is 147 cm³/mol. The number of benzene rings is 2. The third-order valence-corrected chi connectivity index (χ3v) is 7.34. The van der Waals surface area contributed by atoms with Crippen LogP contribution in [0.4, 0.5) is 10.1 Å². The molecule has 0 unspecified atom stereocenters. The van der Waals surface area contributed by atoms with Crippen LogP contribution in [-0.4, -0.2) is 10.9 Å². The lowest BCUT2D eigenvalue weighted by molar-refractivity contribution is 0.103. The van der Waals surface area contributed by atoms with Gasteiger partial charge in [0, 0.05) is 24.3 Å². The van der Waals surface area contributed by atoms with Crippen molar-refractivity contribution in [3.63, 3.8) is 0 Å². The minimum Gasteiger partial charge on any atom is -0.319 e. The number of rotatable bonds is 5. The second kappa shape index (κ2) is 11.4. The van der Waals surface area contributed by atoms with Crippen molar-refractivity contribution in [1.29, 1.82) is 0 Å². The van der Waals surface area contributed by atoms with Crippen LogP contribution in [0.15, 0.2) is 67.0 Å². The van der Waals surface area contributed by atoms with Crippen LogP contribution in [0.3, 0.4) is 0 Å². The van der Waals surface area contributed by atoms with E-state index < -0.39 is 0 Å². The Labute approximate surface area is 212 Å². The first-order chi connectivity index (χ1) is 17.1. The number of nitrogens with one attached hydrogen (secondary N) is 1. The molecule has 0 saturated heterocycles. The van der Waals surface area contributed by atoms with Crippen molar-refractivity contribution in [3.8, 4) is 21.6 Å². The fraction of sp³-hybridized carbons (Fsp3) is 0.267. The van der Waals surface area contributed by atoms with E-state index >= 15 is 0 Å². The molecule has 0 spiro atoms. The molecule has 5 heteroatoms. The lowest BCUT2D eigenvalue weighted by Gasteiger charge is -2.11. The molecule has 0 atom stereocenters. The summed E-state index contributed by atoms with van der Waals surface area (Å²) in [4.78, 5) is 19.2. The number of fused-ring (bicyclic) bond motifs is 3. The summed E-state index contributed by atoms with van der Waals surface area (Å²) < 4.78 is 14.5. The number of aromatic nitrogens is 1. The number of thiophene rings is 1. The summed E-state index contributed by atoms with van der Waals surface area (Å²) in [5.41, 5.74) is 6.99. The molecule has 0 radical (unpaired) electrons. The van der Waals surface area contributed by atoms with Gasteiger partial charge in [-0.2, -0.15) is 0 Å². The molecule has 2 aromatic carbocycles. The summed E-state index contributed by atoms with van der Waals surface area (Å²) in [5.74, 6) is -0.639. The summed E-state index contributed by atoms with van der Waals surface area (Å²) in [6.45, 7) is 6.05. The average Bonchev–Trinajstić information content (AvgIpc) is 3.25. The molecular weight excluding hydrogens is 455 g/mol. The second-order valence-corrected chi connectivity index (χ2v) is 9.46. The van der Waals surface area contributed by atoms with Crippen molar-refractivity contribution in [1.82, 2.24) is 4.98 Å². The lowest BCUT2D eigenvalue weighted by Crippen LogP contribution is -2.13. The van der Waals surface area contributed by atoms with E-state index in [0.29, 0.717) is 10.6 Å². The SMILES string of the molecule is CC.CCCc1cccc(F)c1NC(=O)c1cc2c(s1)-c1cc(-c3cccnc3)ccc1CCC2.[HH]. The largest absolute Gasteiger partial charge is 0.319 e. The van der Waals surface area contributed by atoms with Crippen molar-refractivity contribution in [2.24, 2.45) is 0 Å². The summed E-state index contributed by atoms with van der Waals surface area (Å²) in [7, 11) is 0.